The van der Waals surface area contributed by atoms with Crippen molar-refractivity contribution in [2.75, 3.05) is 13.7 Å². The maximum atomic E-state index is 12.6. The highest BCUT2D eigenvalue weighted by atomic mass is 79.9. The van der Waals surface area contributed by atoms with E-state index in [0.29, 0.717) is 0 Å². The Morgan fingerprint density at radius 3 is 2.56 bits per heavy atom. The number of methoxy groups -OCH3 is 1. The second-order valence-electron chi connectivity index (χ2n) is 3.13. The summed E-state index contributed by atoms with van der Waals surface area (Å²) in [7, 11) is 1.18. The summed E-state index contributed by atoms with van der Waals surface area (Å²) < 4.78 is 47.6. The molecule has 0 aromatic carbocycles. The van der Waals surface area contributed by atoms with Crippen LogP contribution in [0.15, 0.2) is 4.47 Å². The molecule has 0 fully saturated rings. The highest BCUT2D eigenvalue weighted by Crippen LogP contribution is 2.38. The van der Waals surface area contributed by atoms with Crippen LogP contribution in [0.5, 0.6) is 5.88 Å². The fraction of sp³-hybridized carbons (Fsp3) is 0.556. The summed E-state index contributed by atoms with van der Waals surface area (Å²) in [6.07, 6.45) is -4.63. The average Bonchev–Trinajstić information content (AvgIpc) is 2.54. The number of halogens is 4. The largest absolute Gasteiger partial charge is 0.480 e. The molecule has 0 aliphatic carbocycles. The number of hydrogen-bond acceptors (Lipinski definition) is 4. The number of alkyl halides is 3. The lowest BCUT2D eigenvalue weighted by Gasteiger charge is -2.05. The van der Waals surface area contributed by atoms with Gasteiger partial charge in [0, 0.05) is 0 Å². The van der Waals surface area contributed by atoms with E-state index in [1.54, 1.807) is 6.92 Å². The topological polar surface area (TPSA) is 53.4 Å². The van der Waals surface area contributed by atoms with Crippen molar-refractivity contribution in [3.63, 3.8) is 0 Å². The number of ether oxygens (including phenoxy) is 2. The minimum atomic E-state index is -4.63. The zero-order valence-corrected chi connectivity index (χ0v) is 11.1. The average molecular weight is 331 g/mol. The number of nitrogens with zero attached hydrogens (tertiary/aromatic N) is 2. The van der Waals surface area contributed by atoms with Crippen molar-refractivity contribution < 1.29 is 27.4 Å². The number of hydrogen-bond donors (Lipinski definition) is 0. The van der Waals surface area contributed by atoms with Crippen molar-refractivity contribution in [3.8, 4) is 5.88 Å². The van der Waals surface area contributed by atoms with Crippen molar-refractivity contribution >= 4 is 21.9 Å². The van der Waals surface area contributed by atoms with E-state index in [1.165, 1.54) is 7.11 Å². The summed E-state index contributed by atoms with van der Waals surface area (Å²) in [4.78, 5) is 11.2. The van der Waals surface area contributed by atoms with Crippen LogP contribution in [0, 0.1) is 0 Å². The van der Waals surface area contributed by atoms with Crippen LogP contribution in [0.25, 0.3) is 0 Å². The van der Waals surface area contributed by atoms with E-state index in [2.05, 4.69) is 25.8 Å². The van der Waals surface area contributed by atoms with E-state index in [0.717, 1.165) is 4.68 Å². The number of aromatic nitrogens is 2. The van der Waals surface area contributed by atoms with Gasteiger partial charge in [0.25, 0.3) is 0 Å². The minimum absolute atomic E-state index is 0.135. The fourth-order valence-corrected chi connectivity index (χ4v) is 1.91. The number of carbonyl (C=O) groups excluding carboxylic acids is 1. The molecule has 0 N–H and O–H groups in total. The van der Waals surface area contributed by atoms with Crippen LogP contribution in [-0.2, 0) is 22.3 Å². The molecule has 0 spiro atoms. The molecule has 1 aromatic rings. The lowest BCUT2D eigenvalue weighted by atomic mass is 10.4. The van der Waals surface area contributed by atoms with Gasteiger partial charge in [-0.1, -0.05) is 0 Å². The second-order valence-corrected chi connectivity index (χ2v) is 3.93. The molecule has 1 aromatic heterocycles. The van der Waals surface area contributed by atoms with Gasteiger partial charge in [-0.2, -0.15) is 18.3 Å². The van der Waals surface area contributed by atoms with Gasteiger partial charge in [0.1, 0.15) is 11.0 Å². The molecule has 102 valence electrons. The highest BCUT2D eigenvalue weighted by Gasteiger charge is 2.39. The first-order chi connectivity index (χ1) is 8.31. The molecule has 0 aliphatic rings. The Hall–Kier alpha value is -1.25. The van der Waals surface area contributed by atoms with Crippen LogP contribution >= 0.6 is 15.9 Å². The predicted octanol–water partition coefficient (Wildman–Crippen LogP) is 2.24. The van der Waals surface area contributed by atoms with Crippen molar-refractivity contribution in [3.05, 3.63) is 10.2 Å². The maximum absolute atomic E-state index is 12.6. The van der Waals surface area contributed by atoms with E-state index in [-0.39, 0.29) is 17.0 Å². The summed E-state index contributed by atoms with van der Waals surface area (Å²) in [6, 6.07) is 0. The van der Waals surface area contributed by atoms with Gasteiger partial charge >= 0.3 is 12.1 Å². The number of carbonyl (C=O) groups is 1. The maximum Gasteiger partial charge on any atom is 0.436 e. The summed E-state index contributed by atoms with van der Waals surface area (Å²) >= 11 is 2.75. The Morgan fingerprint density at radius 2 is 2.11 bits per heavy atom. The first-order valence-corrected chi connectivity index (χ1v) is 5.63. The Bertz CT molecular complexity index is 445. The van der Waals surface area contributed by atoms with E-state index >= 15 is 0 Å². The van der Waals surface area contributed by atoms with Gasteiger partial charge in [-0.05, 0) is 22.9 Å². The Balaban J connectivity index is 3.09. The smallest absolute Gasteiger partial charge is 0.436 e. The SMILES string of the molecule is CCOC(=O)Cn1nc(C(F)(F)F)c(Br)c1OC. The first kappa shape index (κ1) is 14.8. The molecule has 0 bridgehead atoms. The van der Waals surface area contributed by atoms with Gasteiger partial charge in [-0.15, -0.1) is 0 Å². The highest BCUT2D eigenvalue weighted by molar-refractivity contribution is 9.10. The third-order valence-corrected chi connectivity index (χ3v) is 2.61. The third kappa shape index (κ3) is 3.15. The van der Waals surface area contributed by atoms with Crippen LogP contribution in [0.2, 0.25) is 0 Å². The lowest BCUT2D eigenvalue weighted by Crippen LogP contribution is -2.16. The Morgan fingerprint density at radius 1 is 1.50 bits per heavy atom. The molecule has 0 unspecified atom stereocenters. The van der Waals surface area contributed by atoms with Crippen molar-refractivity contribution in [1.82, 2.24) is 9.78 Å². The van der Waals surface area contributed by atoms with Crippen LogP contribution in [-0.4, -0.2) is 29.5 Å². The molecule has 0 amide bonds. The third-order valence-electron chi connectivity index (χ3n) is 1.90. The van der Waals surface area contributed by atoms with Gasteiger partial charge in [0.05, 0.1) is 13.7 Å². The molecule has 0 saturated heterocycles. The molecular weight excluding hydrogens is 321 g/mol. The van der Waals surface area contributed by atoms with E-state index in [4.69, 9.17) is 4.74 Å². The summed E-state index contributed by atoms with van der Waals surface area (Å²) in [6.45, 7) is 1.27. The van der Waals surface area contributed by atoms with Crippen LogP contribution in [0.3, 0.4) is 0 Å². The standard InChI is InChI=1S/C9H10BrF3N2O3/c1-3-18-5(16)4-15-8(17-2)6(10)7(14-15)9(11,12)13/h3-4H2,1-2H3. The van der Waals surface area contributed by atoms with Crippen LogP contribution < -0.4 is 4.74 Å². The summed E-state index contributed by atoms with van der Waals surface area (Å²) in [5.74, 6) is -0.880. The molecule has 1 rings (SSSR count). The monoisotopic (exact) mass is 330 g/mol. The zero-order valence-electron chi connectivity index (χ0n) is 9.55. The molecule has 5 nitrogen and oxygen atoms in total. The summed E-state index contributed by atoms with van der Waals surface area (Å²) in [5.41, 5.74) is -1.15. The van der Waals surface area contributed by atoms with E-state index in [9.17, 15) is 18.0 Å². The molecule has 9 heteroatoms. The number of rotatable bonds is 4. The first-order valence-electron chi connectivity index (χ1n) is 4.84. The molecule has 0 atom stereocenters. The fourth-order valence-electron chi connectivity index (χ4n) is 1.24. The lowest BCUT2D eigenvalue weighted by molar-refractivity contribution is -0.146. The van der Waals surface area contributed by atoms with Gasteiger partial charge < -0.3 is 9.47 Å². The normalized spacial score (nSPS) is 11.4. The Kier molecular flexibility index (Phi) is 4.60. The van der Waals surface area contributed by atoms with Gasteiger partial charge in [-0.25, -0.2) is 4.68 Å². The minimum Gasteiger partial charge on any atom is -0.480 e. The zero-order chi connectivity index (χ0) is 13.9. The molecule has 0 saturated carbocycles. The van der Waals surface area contributed by atoms with Crippen LogP contribution in [0.1, 0.15) is 12.6 Å². The van der Waals surface area contributed by atoms with Gasteiger partial charge in [-0.3, -0.25) is 4.79 Å². The summed E-state index contributed by atoms with van der Waals surface area (Å²) in [5, 5.41) is 3.29. The quantitative estimate of drug-likeness (QED) is 0.794. The molecule has 18 heavy (non-hydrogen) atoms. The molecular formula is C9H10BrF3N2O3. The van der Waals surface area contributed by atoms with E-state index < -0.39 is 24.4 Å². The van der Waals surface area contributed by atoms with Gasteiger partial charge in [0.2, 0.25) is 5.88 Å². The molecule has 1 heterocycles. The molecule has 0 aliphatic heterocycles. The van der Waals surface area contributed by atoms with Gasteiger partial charge in [0.15, 0.2) is 5.69 Å². The second kappa shape index (κ2) is 5.59. The number of esters is 1. The Labute approximate surface area is 109 Å². The predicted molar refractivity (Wildman–Crippen MR) is 58.1 cm³/mol. The molecule has 0 radical (unpaired) electrons. The van der Waals surface area contributed by atoms with Crippen molar-refractivity contribution in [2.45, 2.75) is 19.6 Å². The van der Waals surface area contributed by atoms with Crippen LogP contribution in [0.4, 0.5) is 13.2 Å². The van der Waals surface area contributed by atoms with Crippen molar-refractivity contribution in [1.29, 1.82) is 0 Å². The van der Waals surface area contributed by atoms with Crippen molar-refractivity contribution in [2.24, 2.45) is 0 Å². The van der Waals surface area contributed by atoms with E-state index in [1.807, 2.05) is 0 Å².